The van der Waals surface area contributed by atoms with Gasteiger partial charge in [0.05, 0.1) is 4.91 Å². The summed E-state index contributed by atoms with van der Waals surface area (Å²) >= 11 is 16.1. The Balaban J connectivity index is 1.54. The molecular weight excluding hydrogens is 544 g/mol. The first kappa shape index (κ1) is 23.5. The largest absolute Gasteiger partial charge is 0.488 e. The number of rotatable bonds is 6. The molecule has 1 fully saturated rings. The Morgan fingerprint density at radius 1 is 1.12 bits per heavy atom. The minimum atomic E-state index is -0.417. The Labute approximate surface area is 213 Å². The van der Waals surface area contributed by atoms with Gasteiger partial charge in [0.1, 0.15) is 12.4 Å². The molecule has 0 atom stereocenters. The quantitative estimate of drug-likeness (QED) is 0.287. The van der Waals surface area contributed by atoms with Gasteiger partial charge < -0.3 is 4.74 Å². The van der Waals surface area contributed by atoms with E-state index in [1.54, 1.807) is 36.4 Å². The second kappa shape index (κ2) is 10.5. The van der Waals surface area contributed by atoms with Crippen molar-refractivity contribution in [1.82, 2.24) is 10.4 Å². The second-order valence-electron chi connectivity index (χ2n) is 6.89. The first-order chi connectivity index (χ1) is 15.9. The molecule has 3 aromatic rings. The minimum absolute atomic E-state index is 0.240. The summed E-state index contributed by atoms with van der Waals surface area (Å²) in [6, 6.07) is 21.6. The molecular formula is C24H16BrClN2O3S2. The van der Waals surface area contributed by atoms with Crippen LogP contribution in [0.1, 0.15) is 21.5 Å². The Morgan fingerprint density at radius 3 is 2.61 bits per heavy atom. The summed E-state index contributed by atoms with van der Waals surface area (Å²) in [6.07, 6.45) is 1.70. The van der Waals surface area contributed by atoms with Crippen molar-refractivity contribution < 1.29 is 14.3 Å². The highest BCUT2D eigenvalue weighted by molar-refractivity contribution is 9.10. The van der Waals surface area contributed by atoms with Crippen LogP contribution in [0.5, 0.6) is 5.75 Å². The standard InChI is InChI=1S/C24H16BrClN2O3S2/c25-18-10-11-20(31-14-16-8-4-5-9-19(16)26)17(12-18)13-21-23(30)28(24(32)33-21)27-22(29)15-6-2-1-3-7-15/h1-13H,14H2,(H,27,29)/b21-13+. The van der Waals surface area contributed by atoms with Crippen molar-refractivity contribution in [3.8, 4) is 5.75 Å². The Kier molecular flexibility index (Phi) is 7.49. The zero-order valence-electron chi connectivity index (χ0n) is 17.0. The van der Waals surface area contributed by atoms with Gasteiger partial charge in [0.2, 0.25) is 0 Å². The number of hydrogen-bond acceptors (Lipinski definition) is 5. The van der Waals surface area contributed by atoms with E-state index in [4.69, 9.17) is 28.6 Å². The van der Waals surface area contributed by atoms with Gasteiger partial charge in [-0.15, -0.1) is 0 Å². The lowest BCUT2D eigenvalue weighted by Gasteiger charge is -2.15. The summed E-state index contributed by atoms with van der Waals surface area (Å²) in [6.45, 7) is 0.274. The molecule has 1 N–H and O–H groups in total. The number of amides is 2. The van der Waals surface area contributed by atoms with Crippen molar-refractivity contribution in [1.29, 1.82) is 0 Å². The molecule has 2 amide bonds. The monoisotopic (exact) mass is 558 g/mol. The summed E-state index contributed by atoms with van der Waals surface area (Å²) in [5, 5.41) is 1.70. The van der Waals surface area contributed by atoms with Gasteiger partial charge in [-0.3, -0.25) is 15.0 Å². The molecule has 9 heteroatoms. The first-order valence-corrected chi connectivity index (χ1v) is 12.1. The fourth-order valence-corrected chi connectivity index (χ4v) is 4.73. The molecule has 33 heavy (non-hydrogen) atoms. The smallest absolute Gasteiger partial charge is 0.285 e. The molecule has 1 heterocycles. The van der Waals surface area contributed by atoms with Gasteiger partial charge in [-0.1, -0.05) is 75.7 Å². The molecule has 0 bridgehead atoms. The highest BCUT2D eigenvalue weighted by Crippen LogP contribution is 2.34. The number of thiocarbonyl (C=S) groups is 1. The van der Waals surface area contributed by atoms with E-state index in [0.717, 1.165) is 26.8 Å². The predicted molar refractivity (Wildman–Crippen MR) is 139 cm³/mol. The number of nitrogens with zero attached hydrogens (tertiary/aromatic N) is 1. The highest BCUT2D eigenvalue weighted by atomic mass is 79.9. The van der Waals surface area contributed by atoms with Gasteiger partial charge in [0.25, 0.3) is 11.8 Å². The van der Waals surface area contributed by atoms with Crippen LogP contribution in [0, 0.1) is 0 Å². The average Bonchev–Trinajstić information content (AvgIpc) is 3.07. The van der Waals surface area contributed by atoms with Crippen molar-refractivity contribution in [3.63, 3.8) is 0 Å². The zero-order valence-corrected chi connectivity index (χ0v) is 20.9. The van der Waals surface area contributed by atoms with Crippen molar-refractivity contribution in [2.24, 2.45) is 0 Å². The Morgan fingerprint density at radius 2 is 1.85 bits per heavy atom. The second-order valence-corrected chi connectivity index (χ2v) is 9.88. The van der Waals surface area contributed by atoms with Gasteiger partial charge in [-0.25, -0.2) is 0 Å². The van der Waals surface area contributed by atoms with Gasteiger partial charge >= 0.3 is 0 Å². The molecule has 5 nitrogen and oxygen atoms in total. The van der Waals surface area contributed by atoms with E-state index in [-0.39, 0.29) is 10.9 Å². The number of nitrogens with one attached hydrogen (secondary N) is 1. The molecule has 3 aromatic carbocycles. The molecule has 4 rings (SSSR count). The Bertz CT molecular complexity index is 1270. The van der Waals surface area contributed by atoms with Crippen molar-refractivity contribution >= 4 is 73.7 Å². The van der Waals surface area contributed by atoms with Gasteiger partial charge in [-0.2, -0.15) is 5.01 Å². The van der Waals surface area contributed by atoms with Crippen LogP contribution in [0.15, 0.2) is 82.2 Å². The van der Waals surface area contributed by atoms with Gasteiger partial charge in [-0.05, 0) is 54.7 Å². The number of carbonyl (C=O) groups is 2. The summed E-state index contributed by atoms with van der Waals surface area (Å²) in [7, 11) is 0. The summed E-state index contributed by atoms with van der Waals surface area (Å²) in [4.78, 5) is 25.8. The lowest BCUT2D eigenvalue weighted by atomic mass is 10.1. The fourth-order valence-electron chi connectivity index (χ4n) is 3.00. The molecule has 0 spiro atoms. The Hall–Kier alpha value is -2.65. The predicted octanol–water partition coefficient (Wildman–Crippen LogP) is 6.23. The van der Waals surface area contributed by atoms with Crippen LogP contribution in [0.25, 0.3) is 6.08 Å². The van der Waals surface area contributed by atoms with Gasteiger partial charge in [0.15, 0.2) is 4.32 Å². The molecule has 1 aliphatic rings. The number of benzene rings is 3. The van der Waals surface area contributed by atoms with E-state index in [1.807, 2.05) is 42.5 Å². The zero-order chi connectivity index (χ0) is 23.4. The van der Waals surface area contributed by atoms with Crippen molar-refractivity contribution in [2.75, 3.05) is 0 Å². The third-order valence-corrected chi connectivity index (χ3v) is 6.81. The fraction of sp³-hybridized carbons (Fsp3) is 0.0417. The number of thioether (sulfide) groups is 1. The molecule has 1 aliphatic heterocycles. The molecule has 0 aliphatic carbocycles. The maximum Gasteiger partial charge on any atom is 0.285 e. The van der Waals surface area contributed by atoms with E-state index in [2.05, 4.69) is 21.4 Å². The van der Waals surface area contributed by atoms with Crippen LogP contribution in [-0.4, -0.2) is 21.1 Å². The van der Waals surface area contributed by atoms with Crippen LogP contribution in [0.4, 0.5) is 0 Å². The highest BCUT2D eigenvalue weighted by Gasteiger charge is 2.34. The molecule has 0 radical (unpaired) electrons. The SMILES string of the molecule is O=C(NN1C(=O)/C(=C\c2cc(Br)ccc2OCc2ccccc2Cl)SC1=S)c1ccccc1. The van der Waals surface area contributed by atoms with Crippen LogP contribution >= 0.6 is 51.5 Å². The lowest BCUT2D eigenvalue weighted by Crippen LogP contribution is -2.44. The van der Waals surface area contributed by atoms with Gasteiger partial charge in [0, 0.05) is 26.2 Å². The number of ether oxygens (including phenoxy) is 1. The van der Waals surface area contributed by atoms with Crippen LogP contribution in [0.2, 0.25) is 5.02 Å². The molecule has 0 unspecified atom stereocenters. The third kappa shape index (κ3) is 5.65. The van der Waals surface area contributed by atoms with E-state index >= 15 is 0 Å². The normalized spacial score (nSPS) is 14.6. The average molecular weight is 560 g/mol. The summed E-state index contributed by atoms with van der Waals surface area (Å²) in [5.74, 6) is -0.248. The molecule has 0 saturated carbocycles. The third-order valence-electron chi connectivity index (χ3n) is 4.64. The maximum absolute atomic E-state index is 13.0. The lowest BCUT2D eigenvalue weighted by molar-refractivity contribution is -0.123. The van der Waals surface area contributed by atoms with Crippen LogP contribution in [0.3, 0.4) is 0 Å². The van der Waals surface area contributed by atoms with Crippen LogP contribution < -0.4 is 10.2 Å². The number of hydrazine groups is 1. The summed E-state index contributed by atoms with van der Waals surface area (Å²) in [5.41, 5.74) is 4.54. The first-order valence-electron chi connectivity index (χ1n) is 9.72. The van der Waals surface area contributed by atoms with Crippen LogP contribution in [-0.2, 0) is 11.4 Å². The maximum atomic E-state index is 13.0. The minimum Gasteiger partial charge on any atom is -0.488 e. The van der Waals surface area contributed by atoms with Crippen molar-refractivity contribution in [3.05, 3.63) is 104 Å². The molecule has 0 aromatic heterocycles. The summed E-state index contributed by atoms with van der Waals surface area (Å²) < 4.78 is 7.06. The molecule has 1 saturated heterocycles. The number of carbonyl (C=O) groups excluding carboxylic acids is 2. The van der Waals surface area contributed by atoms with Crippen molar-refractivity contribution in [2.45, 2.75) is 6.61 Å². The van der Waals surface area contributed by atoms with E-state index in [1.165, 1.54) is 0 Å². The molecule has 166 valence electrons. The van der Waals surface area contributed by atoms with E-state index in [0.29, 0.717) is 26.8 Å². The van der Waals surface area contributed by atoms with E-state index < -0.39 is 11.8 Å². The number of halogens is 2. The topological polar surface area (TPSA) is 58.6 Å². The van der Waals surface area contributed by atoms with E-state index in [9.17, 15) is 9.59 Å². The number of hydrogen-bond donors (Lipinski definition) is 1.